The highest BCUT2D eigenvalue weighted by Crippen LogP contribution is 2.26. The molecule has 1 atom stereocenters. The van der Waals surface area contributed by atoms with Crippen LogP contribution < -0.4 is 15.4 Å². The first-order chi connectivity index (χ1) is 11.6. The number of nitrogens with zero attached hydrogens (tertiary/aromatic N) is 1. The van der Waals surface area contributed by atoms with E-state index in [1.165, 1.54) is 0 Å². The molecular formula is C18H26ClN3O3. The van der Waals surface area contributed by atoms with Crippen LogP contribution in [0.25, 0.3) is 0 Å². The zero-order chi connectivity index (χ0) is 16.9. The predicted octanol–water partition coefficient (Wildman–Crippen LogP) is 1.97. The Balaban J connectivity index is 0.00000225. The predicted molar refractivity (Wildman–Crippen MR) is 99.4 cm³/mol. The summed E-state index contributed by atoms with van der Waals surface area (Å²) in [5.41, 5.74) is 1.98. The molecule has 0 aromatic heterocycles. The van der Waals surface area contributed by atoms with Crippen LogP contribution in [-0.4, -0.2) is 49.5 Å². The first-order valence-corrected chi connectivity index (χ1v) is 8.65. The van der Waals surface area contributed by atoms with Crippen LogP contribution in [0.15, 0.2) is 18.2 Å². The molecule has 2 heterocycles. The van der Waals surface area contributed by atoms with Crippen LogP contribution in [0.5, 0.6) is 5.75 Å². The molecule has 0 bridgehead atoms. The summed E-state index contributed by atoms with van der Waals surface area (Å²) >= 11 is 0. The number of carbonyl (C=O) groups is 2. The number of fused-ring (bicyclic) bond motifs is 1. The van der Waals surface area contributed by atoms with Gasteiger partial charge in [-0.3, -0.25) is 9.59 Å². The summed E-state index contributed by atoms with van der Waals surface area (Å²) in [5.74, 6) is 1.04. The minimum atomic E-state index is 0. The molecule has 0 saturated carbocycles. The minimum absolute atomic E-state index is 0. The Bertz CT molecular complexity index is 618. The number of rotatable bonds is 6. The van der Waals surface area contributed by atoms with E-state index in [-0.39, 0.29) is 24.2 Å². The van der Waals surface area contributed by atoms with Gasteiger partial charge in [-0.1, -0.05) is 0 Å². The van der Waals surface area contributed by atoms with E-state index < -0.39 is 0 Å². The molecule has 0 radical (unpaired) electrons. The normalized spacial score (nSPS) is 18.8. The summed E-state index contributed by atoms with van der Waals surface area (Å²) in [7, 11) is 1.89. The standard InChI is InChI=1S/C18H25N3O3.ClH/c1-21(14-8-9-19-12-14)18(23)3-2-10-24-15-5-6-16-13(11-15)4-7-17(22)20-16;/h5-6,11,14,19H,2-4,7-10,12H2,1H3,(H,20,22);1H. The molecule has 25 heavy (non-hydrogen) atoms. The van der Waals surface area contributed by atoms with Crippen LogP contribution in [0.1, 0.15) is 31.2 Å². The number of anilines is 1. The van der Waals surface area contributed by atoms with E-state index in [1.807, 2.05) is 30.1 Å². The Labute approximate surface area is 154 Å². The number of hydrogen-bond acceptors (Lipinski definition) is 4. The maximum Gasteiger partial charge on any atom is 0.224 e. The van der Waals surface area contributed by atoms with Crippen molar-refractivity contribution in [2.75, 3.05) is 32.1 Å². The molecule has 7 heteroatoms. The van der Waals surface area contributed by atoms with Gasteiger partial charge in [-0.2, -0.15) is 0 Å². The third-order valence-corrected chi connectivity index (χ3v) is 4.75. The van der Waals surface area contributed by atoms with E-state index in [2.05, 4.69) is 10.6 Å². The molecule has 2 N–H and O–H groups in total. The Morgan fingerprint density at radius 2 is 2.20 bits per heavy atom. The van der Waals surface area contributed by atoms with Crippen molar-refractivity contribution in [3.63, 3.8) is 0 Å². The van der Waals surface area contributed by atoms with Gasteiger partial charge in [0, 0.05) is 38.2 Å². The molecule has 138 valence electrons. The van der Waals surface area contributed by atoms with E-state index in [0.717, 1.165) is 42.9 Å². The Morgan fingerprint density at radius 3 is 2.96 bits per heavy atom. The number of aryl methyl sites for hydroxylation is 1. The molecule has 2 aliphatic heterocycles. The quantitative estimate of drug-likeness (QED) is 0.754. The second-order valence-corrected chi connectivity index (χ2v) is 6.47. The Kier molecular flexibility index (Phi) is 7.08. The summed E-state index contributed by atoms with van der Waals surface area (Å²) in [6, 6.07) is 6.05. The van der Waals surface area contributed by atoms with Crippen molar-refractivity contribution in [2.24, 2.45) is 0 Å². The van der Waals surface area contributed by atoms with Crippen LogP contribution >= 0.6 is 12.4 Å². The second-order valence-electron chi connectivity index (χ2n) is 6.47. The fraction of sp³-hybridized carbons (Fsp3) is 0.556. The molecule has 3 rings (SSSR count). The van der Waals surface area contributed by atoms with Gasteiger partial charge in [0.25, 0.3) is 0 Å². The van der Waals surface area contributed by atoms with Crippen molar-refractivity contribution in [1.82, 2.24) is 10.2 Å². The lowest BCUT2D eigenvalue weighted by molar-refractivity contribution is -0.131. The van der Waals surface area contributed by atoms with Crippen LogP contribution in [-0.2, 0) is 16.0 Å². The van der Waals surface area contributed by atoms with E-state index in [9.17, 15) is 9.59 Å². The van der Waals surface area contributed by atoms with Gasteiger partial charge in [0.1, 0.15) is 5.75 Å². The maximum absolute atomic E-state index is 12.2. The summed E-state index contributed by atoms with van der Waals surface area (Å²) < 4.78 is 5.76. The molecule has 1 unspecified atom stereocenters. The van der Waals surface area contributed by atoms with Gasteiger partial charge >= 0.3 is 0 Å². The van der Waals surface area contributed by atoms with Gasteiger partial charge in [-0.15, -0.1) is 12.4 Å². The van der Waals surface area contributed by atoms with Gasteiger partial charge in [-0.25, -0.2) is 0 Å². The van der Waals surface area contributed by atoms with Crippen molar-refractivity contribution >= 4 is 29.9 Å². The van der Waals surface area contributed by atoms with Gasteiger partial charge in [0.2, 0.25) is 11.8 Å². The largest absolute Gasteiger partial charge is 0.494 e. The number of hydrogen-bond donors (Lipinski definition) is 2. The number of amides is 2. The van der Waals surface area contributed by atoms with Crippen molar-refractivity contribution in [2.45, 2.75) is 38.1 Å². The number of benzene rings is 1. The molecular weight excluding hydrogens is 342 g/mol. The van der Waals surface area contributed by atoms with Gasteiger partial charge in [-0.05, 0) is 49.6 Å². The summed E-state index contributed by atoms with van der Waals surface area (Å²) in [6.07, 6.45) is 3.51. The molecule has 0 aliphatic carbocycles. The van der Waals surface area contributed by atoms with Crippen LogP contribution in [0, 0.1) is 0 Å². The average Bonchev–Trinajstić information content (AvgIpc) is 3.12. The summed E-state index contributed by atoms with van der Waals surface area (Å²) in [5, 5.41) is 6.14. The van der Waals surface area contributed by atoms with E-state index >= 15 is 0 Å². The van der Waals surface area contributed by atoms with Crippen molar-refractivity contribution in [1.29, 1.82) is 0 Å². The highest BCUT2D eigenvalue weighted by Gasteiger charge is 2.22. The molecule has 1 aromatic carbocycles. The number of likely N-dealkylation sites (N-methyl/N-ethyl adjacent to an activating group) is 1. The SMILES string of the molecule is CN(C(=O)CCCOc1ccc2c(c1)CCC(=O)N2)C1CCNC1.Cl. The first kappa shape index (κ1) is 19.5. The first-order valence-electron chi connectivity index (χ1n) is 8.65. The summed E-state index contributed by atoms with van der Waals surface area (Å²) in [6.45, 7) is 2.40. The molecule has 1 fully saturated rings. The lowest BCUT2D eigenvalue weighted by Gasteiger charge is -2.23. The van der Waals surface area contributed by atoms with Crippen LogP contribution in [0.4, 0.5) is 5.69 Å². The van der Waals surface area contributed by atoms with E-state index in [1.54, 1.807) is 0 Å². The van der Waals surface area contributed by atoms with E-state index in [0.29, 0.717) is 31.9 Å². The van der Waals surface area contributed by atoms with Crippen molar-refractivity contribution in [3.05, 3.63) is 23.8 Å². The fourth-order valence-electron chi connectivity index (χ4n) is 3.21. The lowest BCUT2D eigenvalue weighted by atomic mass is 10.0. The number of nitrogens with one attached hydrogen (secondary N) is 2. The number of ether oxygens (including phenoxy) is 1. The molecule has 2 aliphatic rings. The molecule has 2 amide bonds. The van der Waals surface area contributed by atoms with Gasteiger partial charge in [0.15, 0.2) is 0 Å². The molecule has 0 spiro atoms. The highest BCUT2D eigenvalue weighted by atomic mass is 35.5. The van der Waals surface area contributed by atoms with Gasteiger partial charge < -0.3 is 20.3 Å². The van der Waals surface area contributed by atoms with Crippen LogP contribution in [0.2, 0.25) is 0 Å². The topological polar surface area (TPSA) is 70.7 Å². The second kappa shape index (κ2) is 9.06. The molecule has 6 nitrogen and oxygen atoms in total. The van der Waals surface area contributed by atoms with Crippen LogP contribution in [0.3, 0.4) is 0 Å². The third kappa shape index (κ3) is 5.09. The van der Waals surface area contributed by atoms with Gasteiger partial charge in [0.05, 0.1) is 6.61 Å². The monoisotopic (exact) mass is 367 g/mol. The maximum atomic E-state index is 12.2. The van der Waals surface area contributed by atoms with Crippen molar-refractivity contribution in [3.8, 4) is 5.75 Å². The number of carbonyl (C=O) groups excluding carboxylic acids is 2. The molecule has 1 aromatic rings. The highest BCUT2D eigenvalue weighted by molar-refractivity contribution is 5.94. The molecule has 1 saturated heterocycles. The average molecular weight is 368 g/mol. The minimum Gasteiger partial charge on any atom is -0.494 e. The fourth-order valence-corrected chi connectivity index (χ4v) is 3.21. The smallest absolute Gasteiger partial charge is 0.224 e. The zero-order valence-corrected chi connectivity index (χ0v) is 15.4. The summed E-state index contributed by atoms with van der Waals surface area (Å²) in [4.78, 5) is 25.4. The Morgan fingerprint density at radius 1 is 1.36 bits per heavy atom. The lowest BCUT2D eigenvalue weighted by Crippen LogP contribution is -2.38. The zero-order valence-electron chi connectivity index (χ0n) is 14.5. The Hall–Kier alpha value is -1.79. The third-order valence-electron chi connectivity index (χ3n) is 4.75. The number of halogens is 1. The van der Waals surface area contributed by atoms with E-state index in [4.69, 9.17) is 4.74 Å². The van der Waals surface area contributed by atoms with Crippen molar-refractivity contribution < 1.29 is 14.3 Å².